The van der Waals surface area contributed by atoms with Crippen molar-refractivity contribution in [2.24, 2.45) is 11.5 Å². The standard InChI is InChI=1S/C25H30N6O5S/c26-11-10-24(33)29-20-2-1-3-21(13-20)37(35,36)31-22-14-19(28-15-32)7-4-16(22)12-23(31)25(34)30-18-8-5-17(27)6-9-18/h1-4,7,12-15,17-18H,5-6,8-11,26-27H2,(H,28,32)(H,29,33)(H,30,34)/t17-,18-. The minimum Gasteiger partial charge on any atom is -0.348 e. The van der Waals surface area contributed by atoms with Crippen molar-refractivity contribution in [1.82, 2.24) is 9.29 Å². The Labute approximate surface area is 214 Å². The molecule has 1 saturated carbocycles. The monoisotopic (exact) mass is 526 g/mol. The average molecular weight is 527 g/mol. The molecule has 0 spiro atoms. The first-order valence-corrected chi connectivity index (χ1v) is 13.4. The highest BCUT2D eigenvalue weighted by Crippen LogP contribution is 2.29. The van der Waals surface area contributed by atoms with Crippen LogP contribution in [-0.4, -0.2) is 49.2 Å². The zero-order chi connectivity index (χ0) is 26.6. The Morgan fingerprint density at radius 1 is 1.03 bits per heavy atom. The van der Waals surface area contributed by atoms with Gasteiger partial charge in [0.2, 0.25) is 12.3 Å². The largest absolute Gasteiger partial charge is 0.348 e. The van der Waals surface area contributed by atoms with E-state index < -0.39 is 15.9 Å². The topological polar surface area (TPSA) is 178 Å². The molecule has 7 N–H and O–H groups in total. The van der Waals surface area contributed by atoms with Gasteiger partial charge in [-0.15, -0.1) is 0 Å². The molecule has 37 heavy (non-hydrogen) atoms. The molecule has 12 heteroatoms. The highest BCUT2D eigenvalue weighted by molar-refractivity contribution is 7.90. The Balaban J connectivity index is 1.78. The number of benzene rings is 2. The first-order valence-electron chi connectivity index (χ1n) is 12.0. The number of carbonyl (C=O) groups excluding carboxylic acids is 3. The third kappa shape index (κ3) is 5.82. The van der Waals surface area contributed by atoms with Crippen molar-refractivity contribution < 1.29 is 22.8 Å². The van der Waals surface area contributed by atoms with Crippen LogP contribution in [0.15, 0.2) is 53.4 Å². The van der Waals surface area contributed by atoms with E-state index in [2.05, 4.69) is 16.0 Å². The molecular weight excluding hydrogens is 496 g/mol. The van der Waals surface area contributed by atoms with Gasteiger partial charge in [-0.25, -0.2) is 12.4 Å². The van der Waals surface area contributed by atoms with Crippen LogP contribution in [-0.2, 0) is 19.6 Å². The molecule has 11 nitrogen and oxygen atoms in total. The van der Waals surface area contributed by atoms with E-state index >= 15 is 0 Å². The van der Waals surface area contributed by atoms with Crippen molar-refractivity contribution in [3.63, 3.8) is 0 Å². The minimum atomic E-state index is -4.31. The van der Waals surface area contributed by atoms with Gasteiger partial charge in [-0.05, 0) is 62.1 Å². The van der Waals surface area contributed by atoms with Crippen molar-refractivity contribution in [1.29, 1.82) is 0 Å². The second kappa shape index (κ2) is 11.1. The lowest BCUT2D eigenvalue weighted by Gasteiger charge is -2.27. The predicted molar refractivity (Wildman–Crippen MR) is 141 cm³/mol. The molecule has 0 atom stereocenters. The molecule has 196 valence electrons. The predicted octanol–water partition coefficient (Wildman–Crippen LogP) is 1.73. The maximum absolute atomic E-state index is 13.9. The van der Waals surface area contributed by atoms with Gasteiger partial charge >= 0.3 is 0 Å². The number of anilines is 2. The normalized spacial score (nSPS) is 17.8. The van der Waals surface area contributed by atoms with Gasteiger partial charge in [0.1, 0.15) is 5.69 Å². The van der Waals surface area contributed by atoms with Crippen molar-refractivity contribution >= 4 is 50.5 Å². The molecule has 1 aromatic heterocycles. The maximum atomic E-state index is 13.9. The molecule has 1 aliphatic carbocycles. The molecule has 4 rings (SSSR count). The Morgan fingerprint density at radius 3 is 2.49 bits per heavy atom. The fraction of sp³-hybridized carbons (Fsp3) is 0.320. The van der Waals surface area contributed by atoms with E-state index in [9.17, 15) is 22.8 Å². The highest BCUT2D eigenvalue weighted by Gasteiger charge is 2.29. The van der Waals surface area contributed by atoms with Crippen molar-refractivity contribution in [3.8, 4) is 0 Å². The lowest BCUT2D eigenvalue weighted by molar-refractivity contribution is -0.116. The van der Waals surface area contributed by atoms with Gasteiger partial charge in [0.15, 0.2) is 0 Å². The van der Waals surface area contributed by atoms with Crippen molar-refractivity contribution in [3.05, 3.63) is 54.2 Å². The summed E-state index contributed by atoms with van der Waals surface area (Å²) < 4.78 is 28.9. The van der Waals surface area contributed by atoms with E-state index in [1.807, 2.05) is 0 Å². The molecule has 1 aliphatic rings. The van der Waals surface area contributed by atoms with Gasteiger partial charge in [0.25, 0.3) is 15.9 Å². The summed E-state index contributed by atoms with van der Waals surface area (Å²) in [6, 6.07) is 12.0. The Hall–Kier alpha value is -3.74. The number of carbonyl (C=O) groups is 3. The number of nitrogens with one attached hydrogen (secondary N) is 3. The number of hydrogen-bond acceptors (Lipinski definition) is 7. The summed E-state index contributed by atoms with van der Waals surface area (Å²) >= 11 is 0. The molecule has 0 saturated heterocycles. The van der Waals surface area contributed by atoms with Gasteiger partial charge < -0.3 is 27.4 Å². The van der Waals surface area contributed by atoms with Crippen LogP contribution in [0.2, 0.25) is 0 Å². The van der Waals surface area contributed by atoms with E-state index in [-0.39, 0.29) is 52.7 Å². The summed E-state index contributed by atoms with van der Waals surface area (Å²) in [7, 11) is -4.31. The number of amides is 3. The fourth-order valence-electron chi connectivity index (χ4n) is 4.47. The molecule has 0 radical (unpaired) electrons. The smallest absolute Gasteiger partial charge is 0.269 e. The molecule has 0 bridgehead atoms. The average Bonchev–Trinajstić information content (AvgIpc) is 3.26. The van der Waals surface area contributed by atoms with Crippen molar-refractivity contribution in [2.75, 3.05) is 17.2 Å². The third-order valence-electron chi connectivity index (χ3n) is 6.35. The van der Waals surface area contributed by atoms with Crippen LogP contribution in [0.4, 0.5) is 11.4 Å². The van der Waals surface area contributed by atoms with E-state index in [0.29, 0.717) is 30.3 Å². The van der Waals surface area contributed by atoms with E-state index in [1.54, 1.807) is 18.2 Å². The van der Waals surface area contributed by atoms with Crippen molar-refractivity contribution in [2.45, 2.75) is 49.1 Å². The summed E-state index contributed by atoms with van der Waals surface area (Å²) in [5.41, 5.74) is 12.2. The Kier molecular flexibility index (Phi) is 7.91. The lowest BCUT2D eigenvalue weighted by atomic mass is 9.92. The summed E-state index contributed by atoms with van der Waals surface area (Å²) in [6.07, 6.45) is 3.53. The van der Waals surface area contributed by atoms with Crippen LogP contribution >= 0.6 is 0 Å². The van der Waals surface area contributed by atoms with Gasteiger partial charge in [0.05, 0.1) is 10.4 Å². The Bertz CT molecular complexity index is 1430. The fourth-order valence-corrected chi connectivity index (χ4v) is 6.02. The Morgan fingerprint density at radius 2 is 1.78 bits per heavy atom. The van der Waals surface area contributed by atoms with Crippen LogP contribution in [0.1, 0.15) is 42.6 Å². The minimum absolute atomic E-state index is 0.0642. The molecule has 2 aromatic carbocycles. The first kappa shape index (κ1) is 26.3. The quantitative estimate of drug-likeness (QED) is 0.263. The molecule has 3 amide bonds. The lowest BCUT2D eigenvalue weighted by Crippen LogP contribution is -2.41. The maximum Gasteiger partial charge on any atom is 0.269 e. The van der Waals surface area contributed by atoms with Crippen LogP contribution in [0.3, 0.4) is 0 Å². The number of aromatic nitrogens is 1. The summed E-state index contributed by atoms with van der Waals surface area (Å²) in [5, 5.41) is 8.59. The highest BCUT2D eigenvalue weighted by atomic mass is 32.2. The van der Waals surface area contributed by atoms with E-state index in [4.69, 9.17) is 11.5 Å². The molecule has 0 unspecified atom stereocenters. The van der Waals surface area contributed by atoms with Gasteiger partial charge in [-0.2, -0.15) is 0 Å². The third-order valence-corrected chi connectivity index (χ3v) is 8.08. The first-order chi connectivity index (χ1) is 17.7. The van der Waals surface area contributed by atoms with Crippen LogP contribution in [0, 0.1) is 0 Å². The molecule has 1 fully saturated rings. The number of rotatable bonds is 9. The molecular formula is C25H30N6O5S. The van der Waals surface area contributed by atoms with Crippen LogP contribution in [0.25, 0.3) is 10.9 Å². The number of fused-ring (bicyclic) bond motifs is 1. The second-order valence-electron chi connectivity index (χ2n) is 9.03. The van der Waals surface area contributed by atoms with Gasteiger partial charge in [-0.3, -0.25) is 14.4 Å². The zero-order valence-electron chi connectivity index (χ0n) is 20.1. The summed E-state index contributed by atoms with van der Waals surface area (Å²) in [5.74, 6) is -0.877. The summed E-state index contributed by atoms with van der Waals surface area (Å²) in [4.78, 5) is 36.2. The summed E-state index contributed by atoms with van der Waals surface area (Å²) in [6.45, 7) is 0.155. The number of nitrogens with zero attached hydrogens (tertiary/aromatic N) is 1. The van der Waals surface area contributed by atoms with E-state index in [1.165, 1.54) is 30.3 Å². The second-order valence-corrected chi connectivity index (χ2v) is 10.8. The van der Waals surface area contributed by atoms with Crippen LogP contribution < -0.4 is 27.4 Å². The number of hydrogen-bond donors (Lipinski definition) is 5. The molecule has 1 heterocycles. The van der Waals surface area contributed by atoms with Gasteiger partial charge in [-0.1, -0.05) is 12.1 Å². The molecule has 3 aromatic rings. The number of nitrogens with two attached hydrogens (primary N) is 2. The SMILES string of the molecule is NCCC(=O)Nc1cccc(S(=O)(=O)n2c(C(=O)N[C@H]3CC[C@H](N)CC3)cc3ccc(NC=O)cc32)c1. The molecule has 0 aliphatic heterocycles. The van der Waals surface area contributed by atoms with E-state index in [0.717, 1.165) is 16.8 Å². The van der Waals surface area contributed by atoms with Crippen LogP contribution in [0.5, 0.6) is 0 Å². The van der Waals surface area contributed by atoms with Gasteiger partial charge in [0, 0.05) is 41.8 Å². The zero-order valence-corrected chi connectivity index (χ0v) is 21.0.